The van der Waals surface area contributed by atoms with E-state index in [0.29, 0.717) is 10.1 Å². The Kier molecular flexibility index (Phi) is 3.73. The number of rotatable bonds is 4. The molecule has 3 heterocycles. The number of nitrogens with one attached hydrogen (secondary N) is 1. The first-order valence-corrected chi connectivity index (χ1v) is 8.28. The molecule has 0 saturated heterocycles. The first-order chi connectivity index (χ1) is 10.1. The Labute approximate surface area is 129 Å². The molecule has 6 nitrogen and oxygen atoms in total. The van der Waals surface area contributed by atoms with E-state index < -0.39 is 0 Å². The van der Waals surface area contributed by atoms with E-state index in [4.69, 9.17) is 0 Å². The van der Waals surface area contributed by atoms with E-state index in [1.54, 1.807) is 11.3 Å². The molecule has 21 heavy (non-hydrogen) atoms. The van der Waals surface area contributed by atoms with E-state index in [9.17, 15) is 4.79 Å². The average Bonchev–Trinajstić information content (AvgIpc) is 3.04. The highest BCUT2D eigenvalue weighted by atomic mass is 32.1. The molecule has 0 bridgehead atoms. The molecule has 0 aliphatic carbocycles. The maximum absolute atomic E-state index is 12.0. The molecule has 0 amide bonds. The molecule has 0 fully saturated rings. The minimum absolute atomic E-state index is 0.0469. The molecular weight excluding hydrogens is 306 g/mol. The fourth-order valence-electron chi connectivity index (χ4n) is 1.91. The van der Waals surface area contributed by atoms with Gasteiger partial charge in [-0.05, 0) is 20.3 Å². The minimum Gasteiger partial charge on any atom is -0.351 e. The Morgan fingerprint density at radius 2 is 2.24 bits per heavy atom. The van der Waals surface area contributed by atoms with Crippen LogP contribution in [0.15, 0.2) is 17.1 Å². The maximum atomic E-state index is 12.0. The molecular formula is C13H15N5OS2. The Bertz CT molecular complexity index is 835. The lowest BCUT2D eigenvalue weighted by Gasteiger charge is -2.08. The van der Waals surface area contributed by atoms with Gasteiger partial charge in [-0.2, -0.15) is 4.52 Å². The van der Waals surface area contributed by atoms with Crippen molar-refractivity contribution in [2.24, 2.45) is 0 Å². The molecule has 0 saturated carbocycles. The van der Waals surface area contributed by atoms with Crippen LogP contribution in [0.3, 0.4) is 0 Å². The van der Waals surface area contributed by atoms with Crippen LogP contribution in [0, 0.1) is 6.92 Å². The van der Waals surface area contributed by atoms with Crippen molar-refractivity contribution in [1.82, 2.24) is 19.6 Å². The highest BCUT2D eigenvalue weighted by Crippen LogP contribution is 2.25. The van der Waals surface area contributed by atoms with Gasteiger partial charge in [0.15, 0.2) is 0 Å². The smallest absolute Gasteiger partial charge is 0.275 e. The molecule has 3 aromatic rings. The summed E-state index contributed by atoms with van der Waals surface area (Å²) >= 11 is 3.03. The molecule has 3 rings (SSSR count). The lowest BCUT2D eigenvalue weighted by molar-refractivity contribution is 0.834. The zero-order valence-electron chi connectivity index (χ0n) is 12.0. The van der Waals surface area contributed by atoms with Crippen LogP contribution in [-0.2, 0) is 6.42 Å². The van der Waals surface area contributed by atoms with Crippen LogP contribution in [0.1, 0.15) is 35.5 Å². The second-order valence-corrected chi connectivity index (χ2v) is 6.94. The first-order valence-electron chi connectivity index (χ1n) is 6.65. The fraction of sp³-hybridized carbons (Fsp3) is 0.385. The van der Waals surface area contributed by atoms with Crippen molar-refractivity contribution < 1.29 is 0 Å². The van der Waals surface area contributed by atoms with Gasteiger partial charge in [0.05, 0.1) is 6.04 Å². The van der Waals surface area contributed by atoms with Crippen LogP contribution in [0.5, 0.6) is 0 Å². The van der Waals surface area contributed by atoms with Gasteiger partial charge in [-0.25, -0.2) is 9.97 Å². The number of hydrogen-bond acceptors (Lipinski definition) is 7. The lowest BCUT2D eigenvalue weighted by atomic mass is 10.3. The number of aryl methyl sites for hydroxylation is 2. The SMILES string of the molecule is CCc1cc(=O)n2nc(NC(C)c3ncc(C)s3)sc2n1. The van der Waals surface area contributed by atoms with Gasteiger partial charge in [0.1, 0.15) is 5.01 Å². The van der Waals surface area contributed by atoms with Gasteiger partial charge >= 0.3 is 0 Å². The Hall–Kier alpha value is -1.80. The van der Waals surface area contributed by atoms with Crippen LogP contribution in [0.25, 0.3) is 4.96 Å². The Morgan fingerprint density at radius 1 is 1.43 bits per heavy atom. The largest absolute Gasteiger partial charge is 0.351 e. The summed E-state index contributed by atoms with van der Waals surface area (Å²) in [6.07, 6.45) is 2.59. The first kappa shape index (κ1) is 14.2. The second kappa shape index (κ2) is 5.53. The van der Waals surface area contributed by atoms with E-state index in [-0.39, 0.29) is 11.6 Å². The molecule has 8 heteroatoms. The lowest BCUT2D eigenvalue weighted by Crippen LogP contribution is -2.15. The van der Waals surface area contributed by atoms with Crippen LogP contribution in [-0.4, -0.2) is 19.6 Å². The van der Waals surface area contributed by atoms with Crippen LogP contribution >= 0.6 is 22.7 Å². The molecule has 3 aromatic heterocycles. The van der Waals surface area contributed by atoms with Gasteiger partial charge in [0.2, 0.25) is 10.1 Å². The predicted octanol–water partition coefficient (Wildman–Crippen LogP) is 2.65. The molecule has 1 atom stereocenters. The average molecular weight is 321 g/mol. The van der Waals surface area contributed by atoms with Crippen molar-refractivity contribution >= 4 is 32.8 Å². The van der Waals surface area contributed by atoms with Gasteiger partial charge in [0, 0.05) is 22.8 Å². The Morgan fingerprint density at radius 3 is 2.90 bits per heavy atom. The van der Waals surface area contributed by atoms with E-state index in [1.165, 1.54) is 26.8 Å². The number of fused-ring (bicyclic) bond motifs is 1. The van der Waals surface area contributed by atoms with Crippen molar-refractivity contribution in [2.45, 2.75) is 33.2 Å². The second-order valence-electron chi connectivity index (χ2n) is 4.72. The normalized spacial score (nSPS) is 12.7. The maximum Gasteiger partial charge on any atom is 0.275 e. The van der Waals surface area contributed by atoms with E-state index >= 15 is 0 Å². The molecule has 0 aliphatic heterocycles. The summed E-state index contributed by atoms with van der Waals surface area (Å²) in [6, 6.07) is 1.58. The number of anilines is 1. The van der Waals surface area contributed by atoms with E-state index in [0.717, 1.165) is 17.1 Å². The molecule has 1 N–H and O–H groups in total. The topological polar surface area (TPSA) is 72.2 Å². The van der Waals surface area contributed by atoms with Gasteiger partial charge in [0.25, 0.3) is 5.56 Å². The number of thiazole rings is 1. The minimum atomic E-state index is -0.140. The highest BCUT2D eigenvalue weighted by molar-refractivity contribution is 7.20. The monoisotopic (exact) mass is 321 g/mol. The van der Waals surface area contributed by atoms with Crippen molar-refractivity contribution in [3.63, 3.8) is 0 Å². The quantitative estimate of drug-likeness (QED) is 0.800. The van der Waals surface area contributed by atoms with E-state index in [2.05, 4.69) is 20.4 Å². The summed E-state index contributed by atoms with van der Waals surface area (Å²) in [5.41, 5.74) is 0.651. The highest BCUT2D eigenvalue weighted by Gasteiger charge is 2.13. The van der Waals surface area contributed by atoms with Crippen molar-refractivity contribution in [2.75, 3.05) is 5.32 Å². The number of aromatic nitrogens is 4. The summed E-state index contributed by atoms with van der Waals surface area (Å²) in [5, 5.41) is 9.24. The molecule has 0 aliphatic rings. The number of nitrogens with zero attached hydrogens (tertiary/aromatic N) is 4. The standard InChI is InChI=1S/C13H15N5OS2/c1-4-9-5-10(19)18-13(16-9)21-12(17-18)15-8(3)11-14-6-7(2)20-11/h5-6,8H,4H2,1-3H3,(H,15,17). The van der Waals surface area contributed by atoms with Crippen LogP contribution < -0.4 is 10.9 Å². The molecule has 110 valence electrons. The van der Waals surface area contributed by atoms with Crippen molar-refractivity contribution in [1.29, 1.82) is 0 Å². The van der Waals surface area contributed by atoms with Gasteiger partial charge in [-0.15, -0.1) is 16.4 Å². The third kappa shape index (κ3) is 2.81. The van der Waals surface area contributed by atoms with E-state index in [1.807, 2.05) is 27.0 Å². The number of hydrogen-bond donors (Lipinski definition) is 1. The summed E-state index contributed by atoms with van der Waals surface area (Å²) in [6.45, 7) is 6.03. The Balaban J connectivity index is 1.91. The van der Waals surface area contributed by atoms with Crippen LogP contribution in [0.2, 0.25) is 0 Å². The summed E-state index contributed by atoms with van der Waals surface area (Å²) in [4.78, 5) is 22.5. The van der Waals surface area contributed by atoms with Crippen molar-refractivity contribution in [3.8, 4) is 0 Å². The molecule has 1 unspecified atom stereocenters. The predicted molar refractivity (Wildman–Crippen MR) is 85.4 cm³/mol. The zero-order valence-corrected chi connectivity index (χ0v) is 13.6. The molecule has 0 aromatic carbocycles. The molecule has 0 spiro atoms. The van der Waals surface area contributed by atoms with Crippen LogP contribution in [0.4, 0.5) is 5.13 Å². The summed E-state index contributed by atoms with van der Waals surface area (Å²) in [5.74, 6) is 0. The summed E-state index contributed by atoms with van der Waals surface area (Å²) in [7, 11) is 0. The third-order valence-electron chi connectivity index (χ3n) is 3.01. The van der Waals surface area contributed by atoms with Gasteiger partial charge in [-0.3, -0.25) is 4.79 Å². The fourth-order valence-corrected chi connectivity index (χ4v) is 3.60. The van der Waals surface area contributed by atoms with Crippen molar-refractivity contribution in [3.05, 3.63) is 38.2 Å². The van der Waals surface area contributed by atoms with Gasteiger partial charge < -0.3 is 5.32 Å². The third-order valence-corrected chi connectivity index (χ3v) is 4.94. The zero-order chi connectivity index (χ0) is 15.0. The summed E-state index contributed by atoms with van der Waals surface area (Å²) < 4.78 is 1.34. The molecule has 0 radical (unpaired) electrons. The van der Waals surface area contributed by atoms with Gasteiger partial charge in [-0.1, -0.05) is 18.3 Å².